The lowest BCUT2D eigenvalue weighted by Crippen LogP contribution is -2.40. The van der Waals surface area contributed by atoms with Crippen LogP contribution in [-0.4, -0.2) is 25.0 Å². The van der Waals surface area contributed by atoms with Crippen molar-refractivity contribution < 1.29 is 9.18 Å². The van der Waals surface area contributed by atoms with Crippen LogP contribution in [0.15, 0.2) is 48.5 Å². The Morgan fingerprint density at radius 1 is 1.24 bits per heavy atom. The molecule has 2 aromatic rings. The van der Waals surface area contributed by atoms with Gasteiger partial charge in [0, 0.05) is 31.2 Å². The van der Waals surface area contributed by atoms with Crippen LogP contribution >= 0.6 is 11.6 Å². The molecule has 0 aliphatic carbocycles. The lowest BCUT2D eigenvalue weighted by molar-refractivity contribution is -0.121. The van der Waals surface area contributed by atoms with Crippen LogP contribution in [0.4, 0.5) is 10.1 Å². The number of benzene rings is 2. The molecule has 1 aliphatic rings. The molecular formula is C20H22ClFN2O. The third-order valence-electron chi connectivity index (χ3n) is 4.62. The average Bonchev–Trinajstić information content (AvgIpc) is 3.10. The van der Waals surface area contributed by atoms with Gasteiger partial charge in [0.15, 0.2) is 0 Å². The second-order valence-electron chi connectivity index (χ2n) is 6.38. The second-order valence-corrected chi connectivity index (χ2v) is 6.78. The van der Waals surface area contributed by atoms with Crippen molar-refractivity contribution in [2.24, 2.45) is 0 Å². The van der Waals surface area contributed by atoms with Gasteiger partial charge in [0.1, 0.15) is 5.82 Å². The maximum absolute atomic E-state index is 13.4. The van der Waals surface area contributed by atoms with E-state index in [9.17, 15) is 9.18 Å². The van der Waals surface area contributed by atoms with E-state index in [1.807, 2.05) is 18.2 Å². The van der Waals surface area contributed by atoms with E-state index in [0.717, 1.165) is 24.9 Å². The summed E-state index contributed by atoms with van der Waals surface area (Å²) in [6.45, 7) is 1.66. The largest absolute Gasteiger partial charge is 0.367 e. The van der Waals surface area contributed by atoms with Crippen molar-refractivity contribution in [3.8, 4) is 0 Å². The van der Waals surface area contributed by atoms with E-state index in [4.69, 9.17) is 11.6 Å². The Morgan fingerprint density at radius 2 is 2.04 bits per heavy atom. The van der Waals surface area contributed by atoms with E-state index in [1.165, 1.54) is 17.8 Å². The smallest absolute Gasteiger partial charge is 0.220 e. The first kappa shape index (κ1) is 17.7. The van der Waals surface area contributed by atoms with Crippen LogP contribution in [-0.2, 0) is 11.2 Å². The molecule has 0 saturated carbocycles. The zero-order chi connectivity index (χ0) is 17.6. The molecule has 0 unspecified atom stereocenters. The maximum atomic E-state index is 13.4. The lowest BCUT2D eigenvalue weighted by Gasteiger charge is -2.27. The van der Waals surface area contributed by atoms with Crippen molar-refractivity contribution in [3.63, 3.8) is 0 Å². The van der Waals surface area contributed by atoms with E-state index in [2.05, 4.69) is 22.3 Å². The topological polar surface area (TPSA) is 32.3 Å². The van der Waals surface area contributed by atoms with Gasteiger partial charge in [0.2, 0.25) is 5.91 Å². The van der Waals surface area contributed by atoms with Gasteiger partial charge < -0.3 is 10.2 Å². The molecule has 1 atom stereocenters. The van der Waals surface area contributed by atoms with Gasteiger partial charge in [-0.05, 0) is 49.1 Å². The monoisotopic (exact) mass is 360 g/mol. The van der Waals surface area contributed by atoms with Crippen LogP contribution in [0.1, 0.15) is 24.8 Å². The van der Waals surface area contributed by atoms with Gasteiger partial charge in [-0.1, -0.05) is 35.9 Å². The Kier molecular flexibility index (Phi) is 5.92. The number of rotatable bonds is 6. The molecule has 0 spiro atoms. The fourth-order valence-electron chi connectivity index (χ4n) is 3.28. The van der Waals surface area contributed by atoms with Crippen LogP contribution in [0.2, 0.25) is 5.02 Å². The Labute approximate surface area is 152 Å². The number of nitrogens with zero attached hydrogens (tertiary/aromatic N) is 1. The second kappa shape index (κ2) is 8.34. The molecule has 2 aromatic carbocycles. The number of amides is 1. The van der Waals surface area contributed by atoms with Crippen molar-refractivity contribution in [3.05, 3.63) is 64.9 Å². The molecule has 5 heteroatoms. The zero-order valence-electron chi connectivity index (χ0n) is 14.1. The highest BCUT2D eigenvalue weighted by atomic mass is 35.5. The molecule has 0 radical (unpaired) electrons. The van der Waals surface area contributed by atoms with Crippen LogP contribution in [0, 0.1) is 5.82 Å². The number of hydrogen-bond donors (Lipinski definition) is 1. The number of halogens is 2. The molecule has 1 fully saturated rings. The molecule has 132 valence electrons. The van der Waals surface area contributed by atoms with Gasteiger partial charge in [-0.15, -0.1) is 0 Å². The van der Waals surface area contributed by atoms with E-state index in [-0.39, 0.29) is 10.9 Å². The molecule has 1 amide bonds. The summed E-state index contributed by atoms with van der Waals surface area (Å²) in [5.41, 5.74) is 1.99. The van der Waals surface area contributed by atoms with Crippen LogP contribution in [0.3, 0.4) is 0 Å². The van der Waals surface area contributed by atoms with Crippen molar-refractivity contribution in [1.82, 2.24) is 5.32 Å². The minimum atomic E-state index is -0.441. The molecule has 1 aliphatic heterocycles. The number of carbonyl (C=O) groups is 1. The third-order valence-corrected chi connectivity index (χ3v) is 4.93. The molecule has 1 N–H and O–H groups in total. The Bertz CT molecular complexity index is 723. The average molecular weight is 361 g/mol. The number of aryl methyl sites for hydroxylation is 1. The fourth-order valence-corrected chi connectivity index (χ4v) is 3.40. The quantitative estimate of drug-likeness (QED) is 0.837. The van der Waals surface area contributed by atoms with Crippen molar-refractivity contribution in [1.29, 1.82) is 0 Å². The number of carbonyl (C=O) groups excluding carboxylic acids is 1. The SMILES string of the molecule is O=C(CCc1ccc(Cl)c(F)c1)NC[C@H]1CCCN1c1ccccc1. The first-order valence-corrected chi connectivity index (χ1v) is 9.03. The van der Waals surface area contributed by atoms with Gasteiger partial charge in [-0.3, -0.25) is 4.79 Å². The number of anilines is 1. The van der Waals surface area contributed by atoms with Crippen LogP contribution < -0.4 is 10.2 Å². The van der Waals surface area contributed by atoms with Crippen LogP contribution in [0.5, 0.6) is 0 Å². The summed E-state index contributed by atoms with van der Waals surface area (Å²) in [4.78, 5) is 14.5. The lowest BCUT2D eigenvalue weighted by atomic mass is 10.1. The van der Waals surface area contributed by atoms with Crippen molar-refractivity contribution in [2.45, 2.75) is 31.7 Å². The number of para-hydroxylation sites is 1. The Balaban J connectivity index is 1.47. The molecule has 3 rings (SSSR count). The normalized spacial score (nSPS) is 16.9. The molecule has 1 saturated heterocycles. The van der Waals surface area contributed by atoms with Gasteiger partial charge in [-0.25, -0.2) is 4.39 Å². The first-order chi connectivity index (χ1) is 12.1. The van der Waals surface area contributed by atoms with E-state index < -0.39 is 5.82 Å². The Morgan fingerprint density at radius 3 is 2.80 bits per heavy atom. The summed E-state index contributed by atoms with van der Waals surface area (Å²) in [5, 5.41) is 3.13. The molecule has 3 nitrogen and oxygen atoms in total. The highest BCUT2D eigenvalue weighted by Crippen LogP contribution is 2.24. The molecule has 1 heterocycles. The summed E-state index contributed by atoms with van der Waals surface area (Å²) in [7, 11) is 0. The van der Waals surface area contributed by atoms with Crippen molar-refractivity contribution in [2.75, 3.05) is 18.0 Å². The molecular weight excluding hydrogens is 339 g/mol. The zero-order valence-corrected chi connectivity index (χ0v) is 14.8. The van der Waals surface area contributed by atoms with Gasteiger partial charge in [0.25, 0.3) is 0 Å². The standard InChI is InChI=1S/C20H22ClFN2O/c21-18-10-8-15(13-19(18)22)9-11-20(25)23-14-17-7-4-12-24(17)16-5-2-1-3-6-16/h1-3,5-6,8,10,13,17H,4,7,9,11-12,14H2,(H,23,25)/t17-/m1/s1. The van der Waals surface area contributed by atoms with Crippen molar-refractivity contribution >= 4 is 23.2 Å². The summed E-state index contributed by atoms with van der Waals surface area (Å²) >= 11 is 5.67. The summed E-state index contributed by atoms with van der Waals surface area (Å²) in [6.07, 6.45) is 3.07. The van der Waals surface area contributed by atoms with E-state index in [0.29, 0.717) is 25.4 Å². The van der Waals surface area contributed by atoms with Gasteiger partial charge in [0.05, 0.1) is 5.02 Å². The number of hydrogen-bond acceptors (Lipinski definition) is 2. The highest BCUT2D eigenvalue weighted by molar-refractivity contribution is 6.30. The molecule has 25 heavy (non-hydrogen) atoms. The highest BCUT2D eigenvalue weighted by Gasteiger charge is 2.24. The summed E-state index contributed by atoms with van der Waals surface area (Å²) < 4.78 is 13.4. The van der Waals surface area contributed by atoms with E-state index in [1.54, 1.807) is 6.07 Å². The van der Waals surface area contributed by atoms with Crippen LogP contribution in [0.25, 0.3) is 0 Å². The van der Waals surface area contributed by atoms with Gasteiger partial charge >= 0.3 is 0 Å². The minimum Gasteiger partial charge on any atom is -0.367 e. The Hall–Kier alpha value is -2.07. The minimum absolute atomic E-state index is 0.00438. The predicted molar refractivity (Wildman–Crippen MR) is 99.6 cm³/mol. The number of nitrogens with one attached hydrogen (secondary N) is 1. The fraction of sp³-hybridized carbons (Fsp3) is 0.350. The summed E-state index contributed by atoms with van der Waals surface area (Å²) in [5.74, 6) is -0.445. The summed E-state index contributed by atoms with van der Waals surface area (Å²) in [6, 6.07) is 15.3. The molecule has 0 bridgehead atoms. The van der Waals surface area contributed by atoms with E-state index >= 15 is 0 Å². The first-order valence-electron chi connectivity index (χ1n) is 8.66. The molecule has 0 aromatic heterocycles. The van der Waals surface area contributed by atoms with Gasteiger partial charge in [-0.2, -0.15) is 0 Å². The maximum Gasteiger partial charge on any atom is 0.220 e. The third kappa shape index (κ3) is 4.73. The predicted octanol–water partition coefficient (Wildman–Crippen LogP) is 4.20.